The average molecular weight is 463 g/mol. The largest absolute Gasteiger partial charge is 0.394 e. The Bertz CT molecular complexity index is 1030. The molecule has 0 bridgehead atoms. The molecule has 3 aromatic rings. The summed E-state index contributed by atoms with van der Waals surface area (Å²) in [6.45, 7) is -0.402. The minimum absolute atomic E-state index is 0.132. The second-order valence-electron chi connectivity index (χ2n) is 6.72. The zero-order valence-electron chi connectivity index (χ0n) is 15.1. The lowest BCUT2D eigenvalue weighted by molar-refractivity contribution is -0.122. The molecule has 152 valence electrons. The van der Waals surface area contributed by atoms with E-state index in [0.717, 1.165) is 10.0 Å². The van der Waals surface area contributed by atoms with Gasteiger partial charge in [-0.25, -0.2) is 15.0 Å². The topological polar surface area (TPSA) is 148 Å². The molecule has 1 aliphatic rings. The number of hydrogen-bond donors (Lipinski definition) is 4. The van der Waals surface area contributed by atoms with Crippen LogP contribution < -0.4 is 11.1 Å². The van der Waals surface area contributed by atoms with Crippen molar-refractivity contribution in [3.8, 4) is 0 Å². The summed E-state index contributed by atoms with van der Waals surface area (Å²) in [5.74, 6) is -0.0797. The summed E-state index contributed by atoms with van der Waals surface area (Å²) in [6.07, 6.45) is 0.0831. The minimum Gasteiger partial charge on any atom is -0.394 e. The molecule has 1 amide bonds. The van der Waals surface area contributed by atoms with Crippen molar-refractivity contribution < 1.29 is 19.7 Å². The Hall–Kier alpha value is -2.60. The molecule has 29 heavy (non-hydrogen) atoms. The number of aromatic nitrogens is 4. The third-order valence-corrected chi connectivity index (χ3v) is 5.35. The number of benzene rings is 1. The summed E-state index contributed by atoms with van der Waals surface area (Å²) < 4.78 is 8.28. The van der Waals surface area contributed by atoms with E-state index in [0.29, 0.717) is 11.2 Å². The fourth-order valence-corrected chi connectivity index (χ4v) is 3.64. The Morgan fingerprint density at radius 1 is 1.28 bits per heavy atom. The van der Waals surface area contributed by atoms with E-state index in [4.69, 9.17) is 10.5 Å². The number of hydrogen-bond acceptors (Lipinski definition) is 8. The highest BCUT2D eigenvalue weighted by atomic mass is 79.9. The molecular formula is C18H19BrN6O4. The van der Waals surface area contributed by atoms with Crippen molar-refractivity contribution in [2.75, 3.05) is 12.3 Å². The van der Waals surface area contributed by atoms with E-state index in [1.165, 1.54) is 12.7 Å². The van der Waals surface area contributed by atoms with Crippen molar-refractivity contribution >= 4 is 38.8 Å². The number of carbonyl (C=O) groups is 1. The highest BCUT2D eigenvalue weighted by Gasteiger charge is 2.45. The number of nitrogen functional groups attached to an aromatic ring is 1. The third kappa shape index (κ3) is 3.81. The van der Waals surface area contributed by atoms with Crippen LogP contribution in [0.15, 0.2) is 41.4 Å². The molecule has 1 fully saturated rings. The summed E-state index contributed by atoms with van der Waals surface area (Å²) in [7, 11) is 0. The van der Waals surface area contributed by atoms with Gasteiger partial charge in [0, 0.05) is 4.47 Å². The van der Waals surface area contributed by atoms with Crippen molar-refractivity contribution in [3.05, 3.63) is 47.0 Å². The van der Waals surface area contributed by atoms with Gasteiger partial charge in [0.25, 0.3) is 0 Å². The number of halogens is 1. The summed E-state index contributed by atoms with van der Waals surface area (Å²) >= 11 is 3.36. The maximum absolute atomic E-state index is 12.6. The molecule has 1 aliphatic heterocycles. The second kappa shape index (κ2) is 8.03. The first kappa shape index (κ1) is 19.7. The normalized spacial score (nSPS) is 24.1. The van der Waals surface area contributed by atoms with Crippen molar-refractivity contribution in [2.45, 2.75) is 30.9 Å². The van der Waals surface area contributed by atoms with Gasteiger partial charge < -0.3 is 26.0 Å². The molecule has 0 saturated carbocycles. The van der Waals surface area contributed by atoms with Crippen LogP contribution >= 0.6 is 15.9 Å². The van der Waals surface area contributed by atoms with Gasteiger partial charge in [-0.2, -0.15) is 0 Å². The fraction of sp³-hybridized carbons (Fsp3) is 0.333. The van der Waals surface area contributed by atoms with Crippen molar-refractivity contribution in [3.63, 3.8) is 0 Å². The summed E-state index contributed by atoms with van der Waals surface area (Å²) in [4.78, 5) is 24.9. The van der Waals surface area contributed by atoms with Crippen LogP contribution in [-0.2, 0) is 16.0 Å². The summed E-state index contributed by atoms with van der Waals surface area (Å²) in [6, 6.07) is 6.55. The predicted molar refractivity (Wildman–Crippen MR) is 107 cm³/mol. The van der Waals surface area contributed by atoms with Crippen LogP contribution in [0.5, 0.6) is 0 Å². The standard InChI is InChI=1S/C18H19BrN6O4/c19-10-3-1-9(2-4-10)5-12(27)24-13-15(28)11(6-26)29-18(13)25-8-23-14-16(20)21-7-22-17(14)25/h1-4,7-8,11,13,15,18,26,28H,5-6H2,(H,24,27)(H2,20,21,22)/t11-,13-,15-,18-/m1/s1. The number of rotatable bonds is 5. The third-order valence-electron chi connectivity index (χ3n) is 4.82. The van der Waals surface area contributed by atoms with Crippen LogP contribution in [0.25, 0.3) is 11.2 Å². The van der Waals surface area contributed by atoms with E-state index >= 15 is 0 Å². The Kier molecular flexibility index (Phi) is 5.46. The van der Waals surface area contributed by atoms with Gasteiger partial charge in [-0.05, 0) is 17.7 Å². The maximum atomic E-state index is 12.6. The highest BCUT2D eigenvalue weighted by Crippen LogP contribution is 2.32. The maximum Gasteiger partial charge on any atom is 0.224 e. The Balaban J connectivity index is 1.59. The van der Waals surface area contributed by atoms with Crippen LogP contribution in [-0.4, -0.2) is 60.5 Å². The average Bonchev–Trinajstić information content (AvgIpc) is 3.26. The molecular weight excluding hydrogens is 444 g/mol. The molecule has 0 aliphatic carbocycles. The molecule has 4 rings (SSSR count). The van der Waals surface area contributed by atoms with Gasteiger partial charge in [0.1, 0.15) is 30.1 Å². The molecule has 0 spiro atoms. The van der Waals surface area contributed by atoms with Crippen LogP contribution in [0.4, 0.5) is 5.82 Å². The van der Waals surface area contributed by atoms with Crippen molar-refractivity contribution in [1.29, 1.82) is 0 Å². The van der Waals surface area contributed by atoms with Gasteiger partial charge in [0.15, 0.2) is 17.7 Å². The molecule has 3 heterocycles. The van der Waals surface area contributed by atoms with E-state index in [1.54, 1.807) is 4.57 Å². The lowest BCUT2D eigenvalue weighted by Gasteiger charge is -2.23. The van der Waals surface area contributed by atoms with Crippen LogP contribution in [0.2, 0.25) is 0 Å². The molecule has 1 saturated heterocycles. The number of aliphatic hydroxyl groups is 2. The van der Waals surface area contributed by atoms with Gasteiger partial charge in [0.2, 0.25) is 5.91 Å². The molecule has 0 unspecified atom stereocenters. The monoisotopic (exact) mass is 462 g/mol. The van der Waals surface area contributed by atoms with E-state index in [2.05, 4.69) is 36.2 Å². The Morgan fingerprint density at radius 2 is 2.03 bits per heavy atom. The van der Waals surface area contributed by atoms with Crippen molar-refractivity contribution in [1.82, 2.24) is 24.8 Å². The number of aliphatic hydroxyl groups excluding tert-OH is 2. The van der Waals surface area contributed by atoms with E-state index in [1.807, 2.05) is 24.3 Å². The van der Waals surface area contributed by atoms with Crippen LogP contribution in [0.3, 0.4) is 0 Å². The molecule has 2 aromatic heterocycles. The molecule has 0 radical (unpaired) electrons. The quantitative estimate of drug-likeness (QED) is 0.418. The molecule has 4 atom stereocenters. The van der Waals surface area contributed by atoms with Crippen molar-refractivity contribution in [2.24, 2.45) is 0 Å². The first-order valence-electron chi connectivity index (χ1n) is 8.89. The number of imidazole rings is 1. The zero-order valence-corrected chi connectivity index (χ0v) is 16.7. The number of nitrogens with one attached hydrogen (secondary N) is 1. The van der Waals surface area contributed by atoms with E-state index < -0.39 is 31.1 Å². The predicted octanol–water partition coefficient (Wildman–Crippen LogP) is 0.149. The number of nitrogens with two attached hydrogens (primary N) is 1. The number of ether oxygens (including phenoxy) is 1. The van der Waals surface area contributed by atoms with Gasteiger partial charge in [-0.15, -0.1) is 0 Å². The number of carbonyl (C=O) groups excluding carboxylic acids is 1. The van der Waals surface area contributed by atoms with Crippen LogP contribution in [0.1, 0.15) is 11.8 Å². The smallest absolute Gasteiger partial charge is 0.224 e. The number of fused-ring (bicyclic) bond motifs is 1. The van der Waals surface area contributed by atoms with Gasteiger partial charge in [-0.3, -0.25) is 9.36 Å². The van der Waals surface area contributed by atoms with Gasteiger partial charge in [-0.1, -0.05) is 28.1 Å². The van der Waals surface area contributed by atoms with E-state index in [-0.39, 0.29) is 18.1 Å². The number of nitrogens with zero attached hydrogens (tertiary/aromatic N) is 4. The lowest BCUT2D eigenvalue weighted by Crippen LogP contribution is -2.47. The van der Waals surface area contributed by atoms with E-state index in [9.17, 15) is 15.0 Å². The fourth-order valence-electron chi connectivity index (χ4n) is 3.37. The van der Waals surface area contributed by atoms with Gasteiger partial charge in [0.05, 0.1) is 19.4 Å². The van der Waals surface area contributed by atoms with Gasteiger partial charge >= 0.3 is 0 Å². The second-order valence-corrected chi connectivity index (χ2v) is 7.63. The SMILES string of the molecule is Nc1ncnc2c1ncn2[C@@H]1O[C@H](CO)[C@@H](O)[C@H]1NC(=O)Cc1ccc(Br)cc1. The molecule has 11 heteroatoms. The summed E-state index contributed by atoms with van der Waals surface area (Å²) in [5.41, 5.74) is 7.44. The molecule has 10 nitrogen and oxygen atoms in total. The Morgan fingerprint density at radius 3 is 2.76 bits per heavy atom. The lowest BCUT2D eigenvalue weighted by atomic mass is 10.1. The number of amides is 1. The summed E-state index contributed by atoms with van der Waals surface area (Å²) in [5, 5.41) is 23.0. The Labute approximate surface area is 173 Å². The number of anilines is 1. The first-order valence-corrected chi connectivity index (χ1v) is 9.68. The molecule has 5 N–H and O–H groups in total. The molecule has 1 aromatic carbocycles. The first-order chi connectivity index (χ1) is 14.0. The highest BCUT2D eigenvalue weighted by molar-refractivity contribution is 9.10. The van der Waals surface area contributed by atoms with Crippen LogP contribution in [0, 0.1) is 0 Å². The zero-order chi connectivity index (χ0) is 20.5. The minimum atomic E-state index is -1.12.